The van der Waals surface area contributed by atoms with Crippen molar-refractivity contribution >= 4 is 15.9 Å². The Balaban J connectivity index is 2.94. The molecular weight excluding hydrogens is 296 g/mol. The van der Waals surface area contributed by atoms with E-state index in [1.807, 2.05) is 13.8 Å². The lowest BCUT2D eigenvalue weighted by molar-refractivity contribution is 0.0925. The van der Waals surface area contributed by atoms with Gasteiger partial charge in [-0.15, -0.1) is 0 Å². The normalized spacial score (nSPS) is 13.1. The Morgan fingerprint density at radius 3 is 2.71 bits per heavy atom. The van der Waals surface area contributed by atoms with Gasteiger partial charge in [-0.25, -0.2) is 13.6 Å². The summed E-state index contributed by atoms with van der Waals surface area (Å²) in [6.07, 6.45) is 1.16. The SMILES string of the molecule is CCCc1[nH]nc(C(=O)NCC(C)COC)c1S(N)(=O)=O. The standard InChI is InChI=1S/C12H22N4O4S/c1-4-5-9-11(21(13,18)19)10(16-15-9)12(17)14-6-8(2)7-20-3/h8H,4-7H2,1-3H3,(H,14,17)(H,15,16)(H2,13,18,19). The Hall–Kier alpha value is -1.45. The minimum atomic E-state index is -4.02. The van der Waals surface area contributed by atoms with Gasteiger partial charge in [-0.1, -0.05) is 20.3 Å². The third kappa shape index (κ3) is 4.80. The number of carbonyl (C=O) groups is 1. The molecule has 0 saturated heterocycles. The van der Waals surface area contributed by atoms with Crippen molar-refractivity contribution < 1.29 is 17.9 Å². The summed E-state index contributed by atoms with van der Waals surface area (Å²) in [5.74, 6) is -0.466. The van der Waals surface area contributed by atoms with E-state index in [1.165, 1.54) is 0 Å². The van der Waals surface area contributed by atoms with Gasteiger partial charge < -0.3 is 10.1 Å². The summed E-state index contributed by atoms with van der Waals surface area (Å²) in [7, 11) is -2.44. The molecule has 0 spiro atoms. The number of primary sulfonamides is 1. The van der Waals surface area contributed by atoms with Crippen molar-refractivity contribution in [3.05, 3.63) is 11.4 Å². The van der Waals surface area contributed by atoms with Crippen LogP contribution in [-0.2, 0) is 21.2 Å². The highest BCUT2D eigenvalue weighted by molar-refractivity contribution is 7.89. The van der Waals surface area contributed by atoms with Crippen LogP contribution in [0.25, 0.3) is 0 Å². The molecule has 1 heterocycles. The quantitative estimate of drug-likeness (QED) is 0.623. The summed E-state index contributed by atoms with van der Waals surface area (Å²) in [5.41, 5.74) is 0.167. The number of rotatable bonds is 8. The van der Waals surface area contributed by atoms with Crippen molar-refractivity contribution in [2.75, 3.05) is 20.3 Å². The van der Waals surface area contributed by atoms with Crippen molar-refractivity contribution in [3.8, 4) is 0 Å². The average Bonchev–Trinajstić information content (AvgIpc) is 2.80. The van der Waals surface area contributed by atoms with Gasteiger partial charge in [0.05, 0.1) is 12.3 Å². The smallest absolute Gasteiger partial charge is 0.273 e. The van der Waals surface area contributed by atoms with E-state index in [0.29, 0.717) is 31.7 Å². The fourth-order valence-corrected chi connectivity index (χ4v) is 2.84. The summed E-state index contributed by atoms with van der Waals surface area (Å²) in [6, 6.07) is 0. The van der Waals surface area contributed by atoms with Gasteiger partial charge in [-0.2, -0.15) is 5.10 Å². The average molecular weight is 318 g/mol. The Labute approximate surface area is 124 Å². The van der Waals surface area contributed by atoms with E-state index < -0.39 is 15.9 Å². The molecule has 1 unspecified atom stereocenters. The number of nitrogens with one attached hydrogen (secondary N) is 2. The van der Waals surface area contributed by atoms with Gasteiger partial charge in [-0.05, 0) is 12.3 Å². The molecule has 0 aliphatic carbocycles. The first-order valence-corrected chi connectivity index (χ1v) is 8.23. The van der Waals surface area contributed by atoms with Crippen molar-refractivity contribution in [1.29, 1.82) is 0 Å². The Morgan fingerprint density at radius 1 is 1.52 bits per heavy atom. The number of H-pyrrole nitrogens is 1. The maximum absolute atomic E-state index is 12.1. The molecule has 0 aliphatic rings. The summed E-state index contributed by atoms with van der Waals surface area (Å²) in [5, 5.41) is 14.2. The van der Waals surface area contributed by atoms with Crippen LogP contribution < -0.4 is 10.5 Å². The third-order valence-electron chi connectivity index (χ3n) is 2.85. The Kier molecular flexibility index (Phi) is 6.31. The van der Waals surface area contributed by atoms with E-state index in [9.17, 15) is 13.2 Å². The summed E-state index contributed by atoms with van der Waals surface area (Å²) in [6.45, 7) is 4.63. The molecule has 1 aromatic heterocycles. The number of hydrogen-bond acceptors (Lipinski definition) is 5. The molecule has 8 nitrogen and oxygen atoms in total. The number of aromatic amines is 1. The Bertz CT molecular complexity index is 582. The van der Waals surface area contributed by atoms with E-state index in [0.717, 1.165) is 0 Å². The molecule has 1 amide bonds. The van der Waals surface area contributed by atoms with Crippen LogP contribution >= 0.6 is 0 Å². The van der Waals surface area contributed by atoms with Crippen LogP contribution in [0.2, 0.25) is 0 Å². The maximum Gasteiger partial charge on any atom is 0.273 e. The Morgan fingerprint density at radius 2 is 2.19 bits per heavy atom. The molecule has 1 aromatic rings. The number of aryl methyl sites for hydroxylation is 1. The topological polar surface area (TPSA) is 127 Å². The van der Waals surface area contributed by atoms with Crippen molar-refractivity contribution in [3.63, 3.8) is 0 Å². The molecule has 21 heavy (non-hydrogen) atoms. The van der Waals surface area contributed by atoms with Gasteiger partial charge in [-0.3, -0.25) is 9.89 Å². The molecule has 0 aliphatic heterocycles. The van der Waals surface area contributed by atoms with Gasteiger partial charge in [0, 0.05) is 13.7 Å². The predicted molar refractivity (Wildman–Crippen MR) is 77.3 cm³/mol. The summed E-state index contributed by atoms with van der Waals surface area (Å²) in [4.78, 5) is 11.9. The molecule has 1 atom stereocenters. The van der Waals surface area contributed by atoms with Gasteiger partial charge >= 0.3 is 0 Å². The lowest BCUT2D eigenvalue weighted by Gasteiger charge is -2.11. The van der Waals surface area contributed by atoms with Crippen LogP contribution in [0.5, 0.6) is 0 Å². The monoisotopic (exact) mass is 318 g/mol. The third-order valence-corrected chi connectivity index (χ3v) is 3.86. The van der Waals surface area contributed by atoms with Crippen molar-refractivity contribution in [2.24, 2.45) is 11.1 Å². The number of nitrogens with two attached hydrogens (primary N) is 1. The molecule has 1 rings (SSSR count). The minimum absolute atomic E-state index is 0.103. The van der Waals surface area contributed by atoms with Gasteiger partial charge in [0.15, 0.2) is 5.69 Å². The second-order valence-electron chi connectivity index (χ2n) is 4.95. The van der Waals surface area contributed by atoms with Crippen LogP contribution in [0.1, 0.15) is 36.5 Å². The first-order chi connectivity index (χ1) is 9.81. The first-order valence-electron chi connectivity index (χ1n) is 6.68. The minimum Gasteiger partial charge on any atom is -0.384 e. The molecule has 0 saturated carbocycles. The zero-order valence-corrected chi connectivity index (χ0v) is 13.3. The molecule has 0 aromatic carbocycles. The number of nitrogens with zero attached hydrogens (tertiary/aromatic N) is 1. The number of sulfonamides is 1. The van der Waals surface area contributed by atoms with Crippen molar-refractivity contribution in [1.82, 2.24) is 15.5 Å². The number of hydrogen-bond donors (Lipinski definition) is 3. The lowest BCUT2D eigenvalue weighted by Crippen LogP contribution is -2.31. The second kappa shape index (κ2) is 7.53. The van der Waals surface area contributed by atoms with E-state index >= 15 is 0 Å². The molecular formula is C12H22N4O4S. The zero-order chi connectivity index (χ0) is 16.0. The van der Waals surface area contributed by atoms with Crippen LogP contribution in [0.3, 0.4) is 0 Å². The summed E-state index contributed by atoms with van der Waals surface area (Å²) < 4.78 is 28.3. The van der Waals surface area contributed by atoms with E-state index in [4.69, 9.17) is 9.88 Å². The van der Waals surface area contributed by atoms with E-state index in [2.05, 4.69) is 15.5 Å². The van der Waals surface area contributed by atoms with Gasteiger partial charge in [0.2, 0.25) is 10.0 Å². The van der Waals surface area contributed by atoms with Crippen LogP contribution in [0.15, 0.2) is 4.90 Å². The van der Waals surface area contributed by atoms with E-state index in [1.54, 1.807) is 7.11 Å². The number of methoxy groups -OCH3 is 1. The fraction of sp³-hybridized carbons (Fsp3) is 0.667. The summed E-state index contributed by atoms with van der Waals surface area (Å²) >= 11 is 0. The number of amides is 1. The van der Waals surface area contributed by atoms with Gasteiger partial charge in [0.1, 0.15) is 4.90 Å². The number of aromatic nitrogens is 2. The second-order valence-corrected chi connectivity index (χ2v) is 6.44. The lowest BCUT2D eigenvalue weighted by atomic mass is 10.2. The van der Waals surface area contributed by atoms with Crippen molar-refractivity contribution in [2.45, 2.75) is 31.6 Å². The number of carbonyl (C=O) groups excluding carboxylic acids is 1. The molecule has 120 valence electrons. The first kappa shape index (κ1) is 17.6. The predicted octanol–water partition coefficient (Wildman–Crippen LogP) is 0.0219. The fourth-order valence-electron chi connectivity index (χ4n) is 1.94. The molecule has 0 fully saturated rings. The maximum atomic E-state index is 12.1. The highest BCUT2D eigenvalue weighted by Gasteiger charge is 2.27. The van der Waals surface area contributed by atoms with Crippen LogP contribution in [0, 0.1) is 5.92 Å². The number of ether oxygens (including phenoxy) is 1. The highest BCUT2D eigenvalue weighted by atomic mass is 32.2. The molecule has 0 radical (unpaired) electrons. The molecule has 9 heteroatoms. The molecule has 4 N–H and O–H groups in total. The highest BCUT2D eigenvalue weighted by Crippen LogP contribution is 2.18. The van der Waals surface area contributed by atoms with Crippen LogP contribution in [-0.4, -0.2) is 44.8 Å². The molecule has 0 bridgehead atoms. The van der Waals surface area contributed by atoms with E-state index in [-0.39, 0.29) is 16.5 Å². The largest absolute Gasteiger partial charge is 0.384 e. The van der Waals surface area contributed by atoms with Crippen LogP contribution in [0.4, 0.5) is 0 Å². The van der Waals surface area contributed by atoms with Gasteiger partial charge in [0.25, 0.3) is 5.91 Å². The zero-order valence-electron chi connectivity index (χ0n) is 12.5.